The molecule has 0 bridgehead atoms. The molecule has 0 saturated carbocycles. The zero-order chi connectivity index (χ0) is 7.40. The van der Waals surface area contributed by atoms with Gasteiger partial charge in [-0.3, -0.25) is 0 Å². The molecule has 1 aliphatic rings. The molecule has 0 aromatic rings. The molecule has 1 atom stereocenters. The third kappa shape index (κ3) is 1.99. The Kier molecular flexibility index (Phi) is 2.69. The van der Waals surface area contributed by atoms with Crippen molar-refractivity contribution >= 4 is 0 Å². The predicted octanol–water partition coefficient (Wildman–Crippen LogP) is 2.16. The summed E-state index contributed by atoms with van der Waals surface area (Å²) in [5, 5.41) is 0. The number of hydrogen-bond donors (Lipinski definition) is 0. The van der Waals surface area contributed by atoms with E-state index in [9.17, 15) is 0 Å². The molecule has 1 unspecified atom stereocenters. The van der Waals surface area contributed by atoms with Gasteiger partial charge >= 0.3 is 0 Å². The first-order chi connectivity index (χ1) is 4.83. The summed E-state index contributed by atoms with van der Waals surface area (Å²) in [5.74, 6) is 0.709. The minimum atomic E-state index is 0.709. The maximum absolute atomic E-state index is 5.00. The number of ether oxygens (including phenoxy) is 1. The van der Waals surface area contributed by atoms with Crippen LogP contribution in [0.25, 0.3) is 0 Å². The highest BCUT2D eigenvalue weighted by Gasteiger charge is 2.01. The molecule has 0 amide bonds. The van der Waals surface area contributed by atoms with Crippen LogP contribution in [0.3, 0.4) is 0 Å². The van der Waals surface area contributed by atoms with Crippen molar-refractivity contribution in [3.05, 3.63) is 23.8 Å². The van der Waals surface area contributed by atoms with Gasteiger partial charge in [-0.1, -0.05) is 25.2 Å². The Labute approximate surface area is 62.4 Å². The van der Waals surface area contributed by atoms with Gasteiger partial charge in [0.05, 0.1) is 6.61 Å². The lowest BCUT2D eigenvalue weighted by Crippen LogP contribution is -1.98. The molecule has 0 heterocycles. The molecule has 0 fully saturated rings. The molecular weight excluding hydrogens is 124 g/mol. The largest absolute Gasteiger partial charge is 0.380 e. The normalized spacial score (nSPS) is 24.6. The summed E-state index contributed by atoms with van der Waals surface area (Å²) in [5.41, 5.74) is 1.31. The molecule has 1 nitrogen and oxygen atoms in total. The fourth-order valence-corrected chi connectivity index (χ4v) is 1.05. The Morgan fingerprint density at radius 3 is 3.00 bits per heavy atom. The van der Waals surface area contributed by atoms with Gasteiger partial charge in [0, 0.05) is 7.11 Å². The Hall–Kier alpha value is -0.560. The second-order valence-electron chi connectivity index (χ2n) is 2.78. The van der Waals surface area contributed by atoms with Crippen molar-refractivity contribution in [3.8, 4) is 0 Å². The second kappa shape index (κ2) is 3.57. The van der Waals surface area contributed by atoms with Crippen molar-refractivity contribution in [3.63, 3.8) is 0 Å². The average Bonchev–Trinajstić information content (AvgIpc) is 1.95. The van der Waals surface area contributed by atoms with E-state index >= 15 is 0 Å². The van der Waals surface area contributed by atoms with Crippen LogP contribution in [0.4, 0.5) is 0 Å². The maximum Gasteiger partial charge on any atom is 0.0709 e. The van der Waals surface area contributed by atoms with Crippen molar-refractivity contribution in [1.29, 1.82) is 0 Å². The van der Waals surface area contributed by atoms with Crippen molar-refractivity contribution in [2.45, 2.75) is 13.3 Å². The number of hydrogen-bond acceptors (Lipinski definition) is 1. The third-order valence-corrected chi connectivity index (χ3v) is 1.70. The van der Waals surface area contributed by atoms with Crippen LogP contribution in [0.2, 0.25) is 0 Å². The lowest BCUT2D eigenvalue weighted by molar-refractivity contribution is 0.227. The summed E-state index contributed by atoms with van der Waals surface area (Å²) >= 11 is 0. The highest BCUT2D eigenvalue weighted by molar-refractivity contribution is 5.23. The van der Waals surface area contributed by atoms with Gasteiger partial charge in [-0.2, -0.15) is 0 Å². The van der Waals surface area contributed by atoms with Crippen LogP contribution in [0.15, 0.2) is 23.8 Å². The topological polar surface area (TPSA) is 9.23 Å². The van der Waals surface area contributed by atoms with E-state index < -0.39 is 0 Å². The minimum Gasteiger partial charge on any atom is -0.380 e. The van der Waals surface area contributed by atoms with E-state index in [4.69, 9.17) is 4.74 Å². The van der Waals surface area contributed by atoms with E-state index in [1.807, 2.05) is 0 Å². The SMILES string of the molecule is COCC1=CCC(C)C=C1. The summed E-state index contributed by atoms with van der Waals surface area (Å²) < 4.78 is 5.00. The zero-order valence-corrected chi connectivity index (χ0v) is 6.63. The fourth-order valence-electron chi connectivity index (χ4n) is 1.05. The number of allylic oxidation sites excluding steroid dienone is 2. The van der Waals surface area contributed by atoms with Crippen LogP contribution in [0, 0.1) is 5.92 Å². The van der Waals surface area contributed by atoms with Crippen LogP contribution < -0.4 is 0 Å². The molecule has 1 heteroatoms. The number of rotatable bonds is 2. The summed E-state index contributed by atoms with van der Waals surface area (Å²) in [6.07, 6.45) is 7.79. The molecule has 0 N–H and O–H groups in total. The van der Waals surface area contributed by atoms with Crippen molar-refractivity contribution in [2.75, 3.05) is 13.7 Å². The molecule has 0 saturated heterocycles. The average molecular weight is 138 g/mol. The van der Waals surface area contributed by atoms with Gasteiger partial charge in [0.2, 0.25) is 0 Å². The lowest BCUT2D eigenvalue weighted by Gasteiger charge is -2.10. The Morgan fingerprint density at radius 2 is 2.50 bits per heavy atom. The molecule has 0 spiro atoms. The van der Waals surface area contributed by atoms with Gasteiger partial charge in [0.25, 0.3) is 0 Å². The highest BCUT2D eigenvalue weighted by Crippen LogP contribution is 2.14. The standard InChI is InChI=1S/C9H14O/c1-8-3-5-9(6-4-8)7-10-2/h3,5-6,8H,4,7H2,1-2H3. The smallest absolute Gasteiger partial charge is 0.0709 e. The van der Waals surface area contributed by atoms with E-state index in [1.165, 1.54) is 5.57 Å². The Bertz CT molecular complexity index is 156. The van der Waals surface area contributed by atoms with Crippen molar-refractivity contribution in [2.24, 2.45) is 5.92 Å². The van der Waals surface area contributed by atoms with Crippen LogP contribution in [-0.4, -0.2) is 13.7 Å². The lowest BCUT2D eigenvalue weighted by atomic mass is 9.99. The number of methoxy groups -OCH3 is 1. The minimum absolute atomic E-state index is 0.709. The summed E-state index contributed by atoms with van der Waals surface area (Å²) in [7, 11) is 1.73. The molecule has 0 aliphatic heterocycles. The molecule has 56 valence electrons. The fraction of sp³-hybridized carbons (Fsp3) is 0.556. The van der Waals surface area contributed by atoms with Gasteiger partial charge in [-0.05, 0) is 17.9 Å². The maximum atomic E-state index is 5.00. The third-order valence-electron chi connectivity index (χ3n) is 1.70. The Morgan fingerprint density at radius 1 is 1.70 bits per heavy atom. The van der Waals surface area contributed by atoms with Crippen molar-refractivity contribution in [1.82, 2.24) is 0 Å². The van der Waals surface area contributed by atoms with E-state index in [0.29, 0.717) is 5.92 Å². The van der Waals surface area contributed by atoms with Gasteiger partial charge in [0.1, 0.15) is 0 Å². The molecule has 1 rings (SSSR count). The molecular formula is C9H14O. The van der Waals surface area contributed by atoms with E-state index in [2.05, 4.69) is 25.2 Å². The van der Waals surface area contributed by atoms with Crippen LogP contribution in [0.5, 0.6) is 0 Å². The van der Waals surface area contributed by atoms with E-state index in [1.54, 1.807) is 7.11 Å². The monoisotopic (exact) mass is 138 g/mol. The quantitative estimate of drug-likeness (QED) is 0.568. The molecule has 0 aromatic heterocycles. The first-order valence-corrected chi connectivity index (χ1v) is 3.69. The van der Waals surface area contributed by atoms with Crippen LogP contribution >= 0.6 is 0 Å². The Balaban J connectivity index is 2.42. The second-order valence-corrected chi connectivity index (χ2v) is 2.78. The summed E-state index contributed by atoms with van der Waals surface area (Å²) in [4.78, 5) is 0. The van der Waals surface area contributed by atoms with Crippen molar-refractivity contribution < 1.29 is 4.74 Å². The van der Waals surface area contributed by atoms with E-state index in [0.717, 1.165) is 13.0 Å². The molecule has 1 aliphatic carbocycles. The van der Waals surface area contributed by atoms with Gasteiger partial charge in [-0.15, -0.1) is 0 Å². The van der Waals surface area contributed by atoms with Gasteiger partial charge in [0.15, 0.2) is 0 Å². The van der Waals surface area contributed by atoms with E-state index in [-0.39, 0.29) is 0 Å². The first kappa shape index (κ1) is 7.55. The molecule has 10 heavy (non-hydrogen) atoms. The highest BCUT2D eigenvalue weighted by atomic mass is 16.5. The zero-order valence-electron chi connectivity index (χ0n) is 6.63. The summed E-state index contributed by atoms with van der Waals surface area (Å²) in [6.45, 7) is 2.97. The predicted molar refractivity (Wildman–Crippen MR) is 42.9 cm³/mol. The van der Waals surface area contributed by atoms with Gasteiger partial charge in [-0.25, -0.2) is 0 Å². The van der Waals surface area contributed by atoms with Gasteiger partial charge < -0.3 is 4.74 Å². The molecule has 0 aromatic carbocycles. The van der Waals surface area contributed by atoms with Crippen LogP contribution in [0.1, 0.15) is 13.3 Å². The molecule has 0 radical (unpaired) electrons. The summed E-state index contributed by atoms with van der Waals surface area (Å²) in [6, 6.07) is 0. The first-order valence-electron chi connectivity index (χ1n) is 3.69. The van der Waals surface area contributed by atoms with Crippen LogP contribution in [-0.2, 0) is 4.74 Å².